The number of methoxy groups -OCH3 is 1. The third kappa shape index (κ3) is 2.60. The Morgan fingerprint density at radius 1 is 1.47 bits per heavy atom. The highest BCUT2D eigenvalue weighted by molar-refractivity contribution is 6.31. The van der Waals surface area contributed by atoms with Crippen LogP contribution in [0.25, 0.3) is 11.0 Å². The van der Waals surface area contributed by atoms with Crippen LogP contribution in [0.5, 0.6) is 0 Å². The Hall–Kier alpha value is -1.10. The Balaban J connectivity index is 2.46. The molecule has 0 aliphatic carbocycles. The van der Waals surface area contributed by atoms with Crippen molar-refractivity contribution in [3.05, 3.63) is 29.0 Å². The largest absolute Gasteiger partial charge is 0.383 e. The van der Waals surface area contributed by atoms with Gasteiger partial charge in [-0.25, -0.2) is 4.98 Å². The van der Waals surface area contributed by atoms with Gasteiger partial charge in [-0.1, -0.05) is 11.6 Å². The lowest BCUT2D eigenvalue weighted by molar-refractivity contribution is 0.187. The molecule has 1 aromatic carbocycles. The highest BCUT2D eigenvalue weighted by atomic mass is 35.5. The molecule has 0 aliphatic heterocycles. The molecule has 0 saturated heterocycles. The van der Waals surface area contributed by atoms with Crippen molar-refractivity contribution < 1.29 is 4.74 Å². The van der Waals surface area contributed by atoms with Gasteiger partial charge in [-0.2, -0.15) is 0 Å². The van der Waals surface area contributed by atoms with E-state index in [0.29, 0.717) is 11.6 Å². The van der Waals surface area contributed by atoms with Gasteiger partial charge >= 0.3 is 0 Å². The summed E-state index contributed by atoms with van der Waals surface area (Å²) in [5.74, 6) is 1.00. The molecule has 2 aromatic rings. The minimum Gasteiger partial charge on any atom is -0.383 e. The Bertz CT molecular complexity index is 510. The first-order chi connectivity index (χ1) is 8.26. The summed E-state index contributed by atoms with van der Waals surface area (Å²) in [6.07, 6.45) is 0. The molecular weight excluding hydrogens is 238 g/mol. The maximum absolute atomic E-state index is 5.97. The number of fused-ring (bicyclic) bond motifs is 1. The van der Waals surface area contributed by atoms with Crippen molar-refractivity contribution in [2.24, 2.45) is 0 Å². The van der Waals surface area contributed by atoms with Crippen LogP contribution in [0.4, 0.5) is 0 Å². The van der Waals surface area contributed by atoms with Crippen LogP contribution in [-0.4, -0.2) is 30.3 Å². The van der Waals surface area contributed by atoms with Gasteiger partial charge in [0.2, 0.25) is 0 Å². The second-order valence-electron chi connectivity index (χ2n) is 3.84. The molecule has 0 aliphatic rings. The van der Waals surface area contributed by atoms with Gasteiger partial charge in [-0.05, 0) is 25.2 Å². The number of aromatic nitrogens is 2. The van der Waals surface area contributed by atoms with Gasteiger partial charge in [-0.15, -0.1) is 0 Å². The standard InChI is InChI=1S/C12H16ClN3O/c1-14-8-12-15-10-7-9(13)3-4-11(10)16(12)5-6-17-2/h3-4,7,14H,5-6,8H2,1-2H3. The van der Waals surface area contributed by atoms with Crippen LogP contribution in [0.3, 0.4) is 0 Å². The van der Waals surface area contributed by atoms with Crippen LogP contribution in [-0.2, 0) is 17.8 Å². The van der Waals surface area contributed by atoms with E-state index in [1.807, 2.05) is 25.2 Å². The van der Waals surface area contributed by atoms with Gasteiger partial charge in [0, 0.05) is 18.7 Å². The van der Waals surface area contributed by atoms with E-state index in [1.54, 1.807) is 7.11 Å². The number of hydrogen-bond donors (Lipinski definition) is 1. The average molecular weight is 254 g/mol. The molecule has 1 aromatic heterocycles. The fourth-order valence-electron chi connectivity index (χ4n) is 1.88. The van der Waals surface area contributed by atoms with Crippen LogP contribution in [0.15, 0.2) is 18.2 Å². The van der Waals surface area contributed by atoms with Crippen molar-refractivity contribution in [3.63, 3.8) is 0 Å². The predicted octanol–water partition coefficient (Wildman–Crippen LogP) is 2.06. The van der Waals surface area contributed by atoms with Gasteiger partial charge in [0.05, 0.1) is 24.2 Å². The molecular formula is C12H16ClN3O. The van der Waals surface area contributed by atoms with E-state index in [9.17, 15) is 0 Å². The number of hydrogen-bond acceptors (Lipinski definition) is 3. The molecule has 2 rings (SSSR count). The molecule has 1 heterocycles. The van der Waals surface area contributed by atoms with Crippen LogP contribution in [0.2, 0.25) is 5.02 Å². The van der Waals surface area contributed by atoms with E-state index < -0.39 is 0 Å². The minimum absolute atomic E-state index is 0.671. The number of halogens is 1. The minimum atomic E-state index is 0.671. The molecule has 0 radical (unpaired) electrons. The summed E-state index contributed by atoms with van der Waals surface area (Å²) in [4.78, 5) is 4.58. The molecule has 5 heteroatoms. The lowest BCUT2D eigenvalue weighted by Gasteiger charge is -2.07. The van der Waals surface area contributed by atoms with E-state index in [0.717, 1.165) is 29.9 Å². The fraction of sp³-hybridized carbons (Fsp3) is 0.417. The molecule has 0 spiro atoms. The molecule has 0 fully saturated rings. The summed E-state index contributed by atoms with van der Waals surface area (Å²) < 4.78 is 7.28. The van der Waals surface area contributed by atoms with E-state index in [4.69, 9.17) is 16.3 Å². The summed E-state index contributed by atoms with van der Waals surface area (Å²) in [5, 5.41) is 3.83. The van der Waals surface area contributed by atoms with Crippen LogP contribution in [0, 0.1) is 0 Å². The highest BCUT2D eigenvalue weighted by Gasteiger charge is 2.09. The van der Waals surface area contributed by atoms with Gasteiger partial charge in [0.15, 0.2) is 0 Å². The van der Waals surface area contributed by atoms with Crippen LogP contribution >= 0.6 is 11.6 Å². The average Bonchev–Trinajstić information content (AvgIpc) is 2.63. The summed E-state index contributed by atoms with van der Waals surface area (Å²) in [6.45, 7) is 2.20. The second-order valence-corrected chi connectivity index (χ2v) is 4.27. The van der Waals surface area contributed by atoms with Crippen LogP contribution < -0.4 is 5.32 Å². The number of rotatable bonds is 5. The number of ether oxygens (including phenoxy) is 1. The van der Waals surface area contributed by atoms with Crippen LogP contribution in [0.1, 0.15) is 5.82 Å². The smallest absolute Gasteiger partial charge is 0.123 e. The first-order valence-corrected chi connectivity index (χ1v) is 5.92. The molecule has 0 amide bonds. The van der Waals surface area contributed by atoms with Gasteiger partial charge in [0.25, 0.3) is 0 Å². The normalized spacial score (nSPS) is 11.2. The van der Waals surface area contributed by atoms with Gasteiger partial charge in [0.1, 0.15) is 5.82 Å². The van der Waals surface area contributed by atoms with E-state index in [1.165, 1.54) is 0 Å². The maximum Gasteiger partial charge on any atom is 0.123 e. The van der Waals surface area contributed by atoms with Crippen molar-refractivity contribution in [3.8, 4) is 0 Å². The number of nitrogens with zero attached hydrogens (tertiary/aromatic N) is 2. The van der Waals surface area contributed by atoms with Crippen molar-refractivity contribution in [2.45, 2.75) is 13.1 Å². The highest BCUT2D eigenvalue weighted by Crippen LogP contribution is 2.20. The lowest BCUT2D eigenvalue weighted by Crippen LogP contribution is -2.14. The molecule has 1 N–H and O–H groups in total. The summed E-state index contributed by atoms with van der Waals surface area (Å²) >= 11 is 5.97. The maximum atomic E-state index is 5.97. The summed E-state index contributed by atoms with van der Waals surface area (Å²) in [6, 6.07) is 5.77. The quantitative estimate of drug-likeness (QED) is 0.887. The SMILES string of the molecule is CNCc1nc2cc(Cl)ccc2n1CCOC. The number of nitrogens with one attached hydrogen (secondary N) is 1. The third-order valence-electron chi connectivity index (χ3n) is 2.64. The number of imidazole rings is 1. The zero-order valence-electron chi connectivity index (χ0n) is 10.0. The number of benzene rings is 1. The third-order valence-corrected chi connectivity index (χ3v) is 2.88. The van der Waals surface area contributed by atoms with Crippen molar-refractivity contribution in [1.29, 1.82) is 0 Å². The topological polar surface area (TPSA) is 39.1 Å². The Labute approximate surface area is 106 Å². The van der Waals surface area contributed by atoms with Gasteiger partial charge < -0.3 is 14.6 Å². The zero-order chi connectivity index (χ0) is 12.3. The summed E-state index contributed by atoms with van der Waals surface area (Å²) in [5.41, 5.74) is 2.02. The predicted molar refractivity (Wildman–Crippen MR) is 69.4 cm³/mol. The Morgan fingerprint density at radius 3 is 3.00 bits per heavy atom. The molecule has 0 unspecified atom stereocenters. The first kappa shape index (κ1) is 12.4. The van der Waals surface area contributed by atoms with Crippen molar-refractivity contribution in [1.82, 2.24) is 14.9 Å². The molecule has 17 heavy (non-hydrogen) atoms. The van der Waals surface area contributed by atoms with E-state index >= 15 is 0 Å². The molecule has 0 bridgehead atoms. The zero-order valence-corrected chi connectivity index (χ0v) is 10.8. The van der Waals surface area contributed by atoms with Crippen molar-refractivity contribution >= 4 is 22.6 Å². The van der Waals surface area contributed by atoms with Gasteiger partial charge in [-0.3, -0.25) is 0 Å². The lowest BCUT2D eigenvalue weighted by atomic mass is 10.3. The summed E-state index contributed by atoms with van der Waals surface area (Å²) in [7, 11) is 3.61. The molecule has 92 valence electrons. The Kier molecular flexibility index (Phi) is 3.99. The second kappa shape index (κ2) is 5.49. The first-order valence-electron chi connectivity index (χ1n) is 5.54. The molecule has 0 saturated carbocycles. The molecule has 4 nitrogen and oxygen atoms in total. The fourth-order valence-corrected chi connectivity index (χ4v) is 2.04. The Morgan fingerprint density at radius 2 is 2.29 bits per heavy atom. The van der Waals surface area contributed by atoms with E-state index in [2.05, 4.69) is 14.9 Å². The van der Waals surface area contributed by atoms with Crippen molar-refractivity contribution in [2.75, 3.05) is 20.8 Å². The monoisotopic (exact) mass is 253 g/mol. The molecule has 0 atom stereocenters. The van der Waals surface area contributed by atoms with E-state index in [-0.39, 0.29) is 0 Å².